The van der Waals surface area contributed by atoms with Gasteiger partial charge < -0.3 is 5.32 Å². The fourth-order valence-electron chi connectivity index (χ4n) is 1.01. The van der Waals surface area contributed by atoms with Crippen molar-refractivity contribution in [1.29, 1.82) is 0 Å². The number of aromatic nitrogens is 1. The van der Waals surface area contributed by atoms with Crippen molar-refractivity contribution in [2.75, 3.05) is 18.4 Å². The lowest BCUT2D eigenvalue weighted by Gasteiger charge is -2.15. The SMILES string of the molecule is c1cnc2c(c1)[N]CCN2. The van der Waals surface area contributed by atoms with E-state index in [9.17, 15) is 0 Å². The van der Waals surface area contributed by atoms with Crippen molar-refractivity contribution >= 4 is 11.5 Å². The standard InChI is InChI=1S/C7H8N3/c1-2-6-7(9-3-1)10-5-4-8-6/h1-3H,4-5H2,(H,9,10). The molecule has 0 aromatic carbocycles. The van der Waals surface area contributed by atoms with Crippen LogP contribution in [0.1, 0.15) is 0 Å². The Kier molecular flexibility index (Phi) is 1.20. The maximum absolute atomic E-state index is 4.27. The van der Waals surface area contributed by atoms with Gasteiger partial charge in [0.15, 0.2) is 5.82 Å². The molecule has 1 radical (unpaired) electrons. The molecule has 0 amide bonds. The maximum atomic E-state index is 4.27. The van der Waals surface area contributed by atoms with E-state index in [-0.39, 0.29) is 0 Å². The van der Waals surface area contributed by atoms with Crippen LogP contribution in [0.25, 0.3) is 0 Å². The van der Waals surface area contributed by atoms with Gasteiger partial charge in [0, 0.05) is 12.7 Å². The van der Waals surface area contributed by atoms with Crippen LogP contribution in [0.4, 0.5) is 11.5 Å². The molecule has 0 bridgehead atoms. The fraction of sp³-hybridized carbons (Fsp3) is 0.286. The molecule has 10 heavy (non-hydrogen) atoms. The number of hydrogen-bond acceptors (Lipinski definition) is 2. The average molecular weight is 134 g/mol. The Labute approximate surface area is 59.5 Å². The highest BCUT2D eigenvalue weighted by atomic mass is 15.1. The van der Waals surface area contributed by atoms with E-state index in [0.717, 1.165) is 24.6 Å². The minimum Gasteiger partial charge on any atom is -0.366 e. The number of nitrogens with one attached hydrogen (secondary N) is 1. The zero-order valence-electron chi connectivity index (χ0n) is 5.54. The molecule has 3 heteroatoms. The molecule has 1 aromatic heterocycles. The molecule has 2 heterocycles. The van der Waals surface area contributed by atoms with Crippen LogP contribution in [0, 0.1) is 0 Å². The molecular weight excluding hydrogens is 126 g/mol. The van der Waals surface area contributed by atoms with E-state index in [1.807, 2.05) is 12.1 Å². The monoisotopic (exact) mass is 134 g/mol. The van der Waals surface area contributed by atoms with Gasteiger partial charge in [-0.3, -0.25) is 5.32 Å². The fourth-order valence-corrected chi connectivity index (χ4v) is 1.01. The Morgan fingerprint density at radius 3 is 3.40 bits per heavy atom. The Hall–Kier alpha value is -1.25. The first kappa shape index (κ1) is 5.53. The first-order valence-corrected chi connectivity index (χ1v) is 3.33. The minimum absolute atomic E-state index is 0.860. The van der Waals surface area contributed by atoms with Gasteiger partial charge in [0.1, 0.15) is 0 Å². The number of fused-ring (bicyclic) bond motifs is 1. The summed E-state index contributed by atoms with van der Waals surface area (Å²) in [5, 5.41) is 7.43. The third kappa shape index (κ3) is 0.795. The van der Waals surface area contributed by atoms with Gasteiger partial charge >= 0.3 is 0 Å². The molecule has 2 rings (SSSR count). The Morgan fingerprint density at radius 1 is 1.50 bits per heavy atom. The molecule has 1 aliphatic rings. The molecule has 1 aromatic rings. The molecule has 0 spiro atoms. The molecule has 0 saturated heterocycles. The second-order valence-electron chi connectivity index (χ2n) is 2.18. The zero-order valence-corrected chi connectivity index (χ0v) is 5.54. The van der Waals surface area contributed by atoms with Crippen LogP contribution >= 0.6 is 0 Å². The summed E-state index contributed by atoms with van der Waals surface area (Å²) in [7, 11) is 0. The summed E-state index contributed by atoms with van der Waals surface area (Å²) < 4.78 is 0. The maximum Gasteiger partial charge on any atom is 0.151 e. The van der Waals surface area contributed by atoms with Crippen LogP contribution < -0.4 is 10.6 Å². The van der Waals surface area contributed by atoms with Crippen molar-refractivity contribution in [3.05, 3.63) is 18.3 Å². The van der Waals surface area contributed by atoms with Crippen molar-refractivity contribution in [2.24, 2.45) is 0 Å². The van der Waals surface area contributed by atoms with Gasteiger partial charge in [-0.15, -0.1) is 0 Å². The highest BCUT2D eigenvalue weighted by Crippen LogP contribution is 2.19. The Balaban J connectivity index is 2.41. The average Bonchev–Trinajstić information content (AvgIpc) is 2.05. The first-order valence-electron chi connectivity index (χ1n) is 3.33. The van der Waals surface area contributed by atoms with Crippen LogP contribution in [0.3, 0.4) is 0 Å². The lowest BCUT2D eigenvalue weighted by atomic mass is 10.3. The summed E-state index contributed by atoms with van der Waals surface area (Å²) in [6.45, 7) is 1.77. The van der Waals surface area contributed by atoms with E-state index < -0.39 is 0 Å². The molecule has 3 nitrogen and oxygen atoms in total. The van der Waals surface area contributed by atoms with E-state index in [2.05, 4.69) is 15.6 Å². The number of anilines is 1. The van der Waals surface area contributed by atoms with E-state index in [1.54, 1.807) is 6.20 Å². The smallest absolute Gasteiger partial charge is 0.151 e. The summed E-state index contributed by atoms with van der Waals surface area (Å²) >= 11 is 0. The summed E-state index contributed by atoms with van der Waals surface area (Å²) in [4.78, 5) is 4.11. The lowest BCUT2D eigenvalue weighted by Crippen LogP contribution is -2.20. The predicted molar refractivity (Wildman–Crippen MR) is 39.4 cm³/mol. The molecule has 0 atom stereocenters. The van der Waals surface area contributed by atoms with E-state index in [4.69, 9.17) is 0 Å². The van der Waals surface area contributed by atoms with Crippen LogP contribution in [0.2, 0.25) is 0 Å². The number of hydrogen-bond donors (Lipinski definition) is 1. The van der Waals surface area contributed by atoms with E-state index in [0.29, 0.717) is 0 Å². The van der Waals surface area contributed by atoms with Crippen molar-refractivity contribution in [3.8, 4) is 0 Å². The number of pyridine rings is 1. The molecular formula is C7H8N3. The topological polar surface area (TPSA) is 39.0 Å². The van der Waals surface area contributed by atoms with Crippen LogP contribution in [-0.2, 0) is 0 Å². The Bertz CT molecular complexity index is 209. The van der Waals surface area contributed by atoms with Crippen LogP contribution in [-0.4, -0.2) is 18.1 Å². The molecule has 0 aliphatic carbocycles. The number of rotatable bonds is 0. The second kappa shape index (κ2) is 2.17. The Morgan fingerprint density at radius 2 is 2.50 bits per heavy atom. The third-order valence-electron chi connectivity index (χ3n) is 1.47. The number of nitrogens with zero attached hydrogens (tertiary/aromatic N) is 2. The van der Waals surface area contributed by atoms with Crippen molar-refractivity contribution in [1.82, 2.24) is 10.3 Å². The van der Waals surface area contributed by atoms with Crippen molar-refractivity contribution < 1.29 is 0 Å². The molecule has 51 valence electrons. The first-order chi connectivity index (χ1) is 4.97. The molecule has 0 unspecified atom stereocenters. The van der Waals surface area contributed by atoms with Crippen LogP contribution in [0.5, 0.6) is 0 Å². The summed E-state index contributed by atoms with van der Waals surface area (Å²) in [6, 6.07) is 3.86. The summed E-state index contributed by atoms with van der Waals surface area (Å²) in [5.41, 5.74) is 0.980. The van der Waals surface area contributed by atoms with Gasteiger partial charge in [0.25, 0.3) is 0 Å². The lowest BCUT2D eigenvalue weighted by molar-refractivity contribution is 0.825. The van der Waals surface area contributed by atoms with Gasteiger partial charge in [-0.25, -0.2) is 4.98 Å². The van der Waals surface area contributed by atoms with E-state index >= 15 is 0 Å². The molecule has 0 saturated carbocycles. The highest BCUT2D eigenvalue weighted by molar-refractivity contribution is 5.60. The summed E-state index contributed by atoms with van der Waals surface area (Å²) in [6.07, 6.45) is 1.77. The normalized spacial score (nSPS) is 14.8. The molecule has 1 aliphatic heterocycles. The van der Waals surface area contributed by atoms with Gasteiger partial charge in [0.2, 0.25) is 0 Å². The second-order valence-corrected chi connectivity index (χ2v) is 2.18. The van der Waals surface area contributed by atoms with Gasteiger partial charge in [-0.05, 0) is 12.1 Å². The minimum atomic E-state index is 0.860. The van der Waals surface area contributed by atoms with Crippen molar-refractivity contribution in [2.45, 2.75) is 0 Å². The highest BCUT2D eigenvalue weighted by Gasteiger charge is 2.07. The van der Waals surface area contributed by atoms with Crippen molar-refractivity contribution in [3.63, 3.8) is 0 Å². The van der Waals surface area contributed by atoms with Crippen LogP contribution in [0.15, 0.2) is 18.3 Å². The van der Waals surface area contributed by atoms with Gasteiger partial charge in [-0.1, -0.05) is 0 Å². The van der Waals surface area contributed by atoms with E-state index in [1.165, 1.54) is 0 Å². The van der Waals surface area contributed by atoms with Gasteiger partial charge in [-0.2, -0.15) is 0 Å². The predicted octanol–water partition coefficient (Wildman–Crippen LogP) is 0.743. The third-order valence-corrected chi connectivity index (χ3v) is 1.47. The quantitative estimate of drug-likeness (QED) is 0.568. The molecule has 1 N–H and O–H groups in total. The zero-order chi connectivity index (χ0) is 6.81. The summed E-state index contributed by atoms with van der Waals surface area (Å²) in [5.74, 6) is 0.911. The molecule has 0 fully saturated rings. The van der Waals surface area contributed by atoms with Gasteiger partial charge in [0.05, 0.1) is 12.2 Å². The largest absolute Gasteiger partial charge is 0.366 e.